The molecule has 0 aliphatic rings. The topological polar surface area (TPSA) is 29.5 Å². The highest BCUT2D eigenvalue weighted by Crippen LogP contribution is 2.04. The molecule has 0 fully saturated rings. The predicted octanol–water partition coefficient (Wildman–Crippen LogP) is 3.39. The molecule has 2 heteroatoms. The van der Waals surface area contributed by atoms with Crippen LogP contribution in [0.2, 0.25) is 0 Å². The zero-order valence-electron chi connectivity index (χ0n) is 8.18. The first-order valence-electron chi connectivity index (χ1n) is 4.83. The summed E-state index contributed by atoms with van der Waals surface area (Å²) in [6.45, 7) is 4.59. The average molecular weight is 172 g/mol. The van der Waals surface area contributed by atoms with Gasteiger partial charge < -0.3 is 9.84 Å². The van der Waals surface area contributed by atoms with Gasteiger partial charge in [-0.3, -0.25) is 0 Å². The fraction of sp³-hybridized carbons (Fsp3) is 0.800. The molecule has 0 aliphatic heterocycles. The molecule has 0 aliphatic carbocycles. The highest BCUT2D eigenvalue weighted by molar-refractivity contribution is 4.80. The Morgan fingerprint density at radius 1 is 1.25 bits per heavy atom. The fourth-order valence-electron chi connectivity index (χ4n) is 1.00. The van der Waals surface area contributed by atoms with Gasteiger partial charge >= 0.3 is 0 Å². The van der Waals surface area contributed by atoms with Crippen molar-refractivity contribution < 1.29 is 9.84 Å². The summed E-state index contributed by atoms with van der Waals surface area (Å²) in [5.41, 5.74) is 0. The second kappa shape index (κ2) is 8.44. The van der Waals surface area contributed by atoms with Crippen molar-refractivity contribution in [2.75, 3.05) is 6.61 Å². The maximum Gasteiger partial charge on any atom is 0.272 e. The zero-order chi connectivity index (χ0) is 9.23. The smallest absolute Gasteiger partial charge is 0.272 e. The molecule has 0 rings (SSSR count). The molecular formula is C10H20O2. The Kier molecular flexibility index (Phi) is 7.97. The molecule has 0 radical (unpaired) electrons. The van der Waals surface area contributed by atoms with Crippen molar-refractivity contribution in [1.82, 2.24) is 0 Å². The largest absolute Gasteiger partial charge is 0.481 e. The van der Waals surface area contributed by atoms with Gasteiger partial charge in [0.05, 0.1) is 6.61 Å². The number of hydrogen-bond acceptors (Lipinski definition) is 2. The van der Waals surface area contributed by atoms with Crippen LogP contribution in [-0.4, -0.2) is 11.7 Å². The third-order valence-electron chi connectivity index (χ3n) is 1.67. The van der Waals surface area contributed by atoms with Crippen LogP contribution in [0.5, 0.6) is 0 Å². The first-order chi connectivity index (χ1) is 5.81. The highest BCUT2D eigenvalue weighted by atomic mass is 16.6. The van der Waals surface area contributed by atoms with Crippen molar-refractivity contribution in [3.05, 3.63) is 12.0 Å². The third kappa shape index (κ3) is 7.45. The molecular weight excluding hydrogens is 152 g/mol. The first kappa shape index (κ1) is 11.3. The molecule has 0 aromatic heterocycles. The summed E-state index contributed by atoms with van der Waals surface area (Å²) in [5.74, 6) is 0.0778. The van der Waals surface area contributed by atoms with Gasteiger partial charge in [0.1, 0.15) is 0 Å². The molecule has 0 unspecified atom stereocenters. The summed E-state index contributed by atoms with van der Waals surface area (Å²) in [6.07, 6.45) is 7.59. The van der Waals surface area contributed by atoms with Gasteiger partial charge in [-0.25, -0.2) is 0 Å². The van der Waals surface area contributed by atoms with Crippen LogP contribution in [0, 0.1) is 0 Å². The molecule has 12 heavy (non-hydrogen) atoms. The number of unbranched alkanes of at least 4 members (excludes halogenated alkanes) is 4. The minimum atomic E-state index is 0.0778. The van der Waals surface area contributed by atoms with Crippen molar-refractivity contribution in [3.8, 4) is 0 Å². The molecule has 0 bridgehead atoms. The standard InChI is InChI=1S/C10H20O2/c1-3-5-6-7-8-9-10(11)12-4-2/h9,11H,3-8H2,1-2H3. The maximum atomic E-state index is 9.04. The molecule has 0 saturated heterocycles. The molecule has 1 N–H and O–H groups in total. The van der Waals surface area contributed by atoms with Crippen LogP contribution in [0.15, 0.2) is 12.0 Å². The Morgan fingerprint density at radius 2 is 2.00 bits per heavy atom. The van der Waals surface area contributed by atoms with E-state index in [0.717, 1.165) is 12.8 Å². The van der Waals surface area contributed by atoms with Gasteiger partial charge in [0, 0.05) is 0 Å². The molecule has 0 saturated carbocycles. The summed E-state index contributed by atoms with van der Waals surface area (Å²) in [6, 6.07) is 0. The number of rotatable bonds is 7. The SMILES string of the molecule is CCCCCCC=C(O)OCC. The summed E-state index contributed by atoms with van der Waals surface area (Å²) in [4.78, 5) is 0. The second-order valence-corrected chi connectivity index (χ2v) is 2.82. The third-order valence-corrected chi connectivity index (χ3v) is 1.67. The van der Waals surface area contributed by atoms with E-state index < -0.39 is 0 Å². The Bertz CT molecular complexity index is 119. The van der Waals surface area contributed by atoms with Gasteiger partial charge in [-0.15, -0.1) is 0 Å². The number of allylic oxidation sites excluding steroid dienone is 1. The number of aliphatic hydroxyl groups is 1. The summed E-state index contributed by atoms with van der Waals surface area (Å²) >= 11 is 0. The lowest BCUT2D eigenvalue weighted by Crippen LogP contribution is -1.89. The second-order valence-electron chi connectivity index (χ2n) is 2.82. The maximum absolute atomic E-state index is 9.04. The Labute approximate surface area is 75.2 Å². The predicted molar refractivity (Wildman–Crippen MR) is 51.1 cm³/mol. The van der Waals surface area contributed by atoms with Crippen molar-refractivity contribution in [3.63, 3.8) is 0 Å². The summed E-state index contributed by atoms with van der Waals surface area (Å²) in [5, 5.41) is 9.04. The number of hydrogen-bond donors (Lipinski definition) is 1. The quantitative estimate of drug-likeness (QED) is 0.471. The lowest BCUT2D eigenvalue weighted by Gasteiger charge is -1.99. The van der Waals surface area contributed by atoms with E-state index in [1.807, 2.05) is 6.92 Å². The van der Waals surface area contributed by atoms with Gasteiger partial charge in [0.25, 0.3) is 5.95 Å². The van der Waals surface area contributed by atoms with Crippen LogP contribution in [0.25, 0.3) is 0 Å². The monoisotopic (exact) mass is 172 g/mol. The normalized spacial score (nSPS) is 11.7. The molecule has 0 spiro atoms. The lowest BCUT2D eigenvalue weighted by atomic mass is 10.1. The summed E-state index contributed by atoms with van der Waals surface area (Å²) in [7, 11) is 0. The molecule has 72 valence electrons. The van der Waals surface area contributed by atoms with Gasteiger partial charge in [0.2, 0.25) is 0 Å². The van der Waals surface area contributed by atoms with Gasteiger partial charge in [-0.2, -0.15) is 0 Å². The van der Waals surface area contributed by atoms with Crippen molar-refractivity contribution >= 4 is 0 Å². The number of ether oxygens (including phenoxy) is 1. The van der Waals surface area contributed by atoms with Crippen molar-refractivity contribution in [2.24, 2.45) is 0 Å². The van der Waals surface area contributed by atoms with E-state index in [-0.39, 0.29) is 5.95 Å². The van der Waals surface area contributed by atoms with Gasteiger partial charge in [-0.1, -0.05) is 26.2 Å². The lowest BCUT2D eigenvalue weighted by molar-refractivity contribution is 0.101. The van der Waals surface area contributed by atoms with Crippen molar-refractivity contribution in [2.45, 2.75) is 46.0 Å². The molecule has 0 aromatic carbocycles. The average Bonchev–Trinajstić information content (AvgIpc) is 2.05. The summed E-state index contributed by atoms with van der Waals surface area (Å²) < 4.78 is 4.87. The number of aliphatic hydroxyl groups excluding tert-OH is 1. The minimum absolute atomic E-state index is 0.0778. The van der Waals surface area contributed by atoms with Crippen LogP contribution in [0.1, 0.15) is 46.0 Å². The highest BCUT2D eigenvalue weighted by Gasteiger charge is 1.90. The Balaban J connectivity index is 3.21. The van der Waals surface area contributed by atoms with Crippen LogP contribution < -0.4 is 0 Å². The van der Waals surface area contributed by atoms with Gasteiger partial charge in [-0.05, 0) is 25.8 Å². The molecule has 0 heterocycles. The molecule has 0 amide bonds. The minimum Gasteiger partial charge on any atom is -0.481 e. The van der Waals surface area contributed by atoms with E-state index in [2.05, 4.69) is 6.92 Å². The van der Waals surface area contributed by atoms with Crippen LogP contribution >= 0.6 is 0 Å². The van der Waals surface area contributed by atoms with E-state index in [9.17, 15) is 0 Å². The Morgan fingerprint density at radius 3 is 2.58 bits per heavy atom. The fourth-order valence-corrected chi connectivity index (χ4v) is 1.00. The van der Waals surface area contributed by atoms with Crippen molar-refractivity contribution in [1.29, 1.82) is 0 Å². The van der Waals surface area contributed by atoms with E-state index in [1.165, 1.54) is 19.3 Å². The molecule has 0 atom stereocenters. The van der Waals surface area contributed by atoms with Crippen LogP contribution in [0.4, 0.5) is 0 Å². The van der Waals surface area contributed by atoms with E-state index in [4.69, 9.17) is 9.84 Å². The first-order valence-corrected chi connectivity index (χ1v) is 4.83. The molecule has 0 aromatic rings. The van der Waals surface area contributed by atoms with Crippen LogP contribution in [0.3, 0.4) is 0 Å². The zero-order valence-corrected chi connectivity index (χ0v) is 8.18. The van der Waals surface area contributed by atoms with Gasteiger partial charge in [0.15, 0.2) is 0 Å². The van der Waals surface area contributed by atoms with Crippen LogP contribution in [-0.2, 0) is 4.74 Å². The van der Waals surface area contributed by atoms with E-state index >= 15 is 0 Å². The Hall–Kier alpha value is -0.660. The molecule has 2 nitrogen and oxygen atoms in total. The van der Waals surface area contributed by atoms with E-state index in [0.29, 0.717) is 6.61 Å². The van der Waals surface area contributed by atoms with E-state index in [1.54, 1.807) is 6.08 Å².